The summed E-state index contributed by atoms with van der Waals surface area (Å²) in [4.78, 5) is 36.9. The smallest absolute Gasteiger partial charge is 0.325 e. The van der Waals surface area contributed by atoms with Crippen LogP contribution in [0.1, 0.15) is 35.7 Å². The van der Waals surface area contributed by atoms with Crippen molar-refractivity contribution in [1.29, 1.82) is 0 Å². The molecule has 2 atom stereocenters. The van der Waals surface area contributed by atoms with Crippen LogP contribution < -0.4 is 15.8 Å². The van der Waals surface area contributed by atoms with E-state index in [0.717, 1.165) is 0 Å². The first-order valence-electron chi connectivity index (χ1n) is 7.40. The van der Waals surface area contributed by atoms with Gasteiger partial charge in [-0.05, 0) is 25.0 Å². The van der Waals surface area contributed by atoms with E-state index in [1.54, 1.807) is 13.0 Å². The molecule has 2 rings (SSSR count). The lowest BCUT2D eigenvalue weighted by atomic mass is 9.95. The topological polar surface area (TPSA) is 128 Å². The number of hydrogen-bond donors (Lipinski definition) is 3. The summed E-state index contributed by atoms with van der Waals surface area (Å²) in [5.74, 6) is -2.35. The van der Waals surface area contributed by atoms with E-state index in [9.17, 15) is 19.5 Å². The van der Waals surface area contributed by atoms with Gasteiger partial charge < -0.3 is 25.6 Å². The van der Waals surface area contributed by atoms with Crippen LogP contribution in [0.2, 0.25) is 0 Å². The summed E-state index contributed by atoms with van der Waals surface area (Å²) in [5.41, 5.74) is 4.01. The number of benzene rings is 1. The summed E-state index contributed by atoms with van der Waals surface area (Å²) in [6, 6.07) is 2.08. The highest BCUT2D eigenvalue weighted by Gasteiger charge is 2.44. The number of phenolic OH excluding ortho intramolecular Hbond substituents is 1. The number of cyclic esters (lactones) is 1. The normalized spacial score (nSPS) is 24.4. The van der Waals surface area contributed by atoms with Crippen molar-refractivity contribution >= 4 is 17.7 Å². The molecule has 0 bridgehead atoms. The number of nitrogens with two attached hydrogens (primary N) is 1. The molecule has 1 heterocycles. The zero-order valence-corrected chi connectivity index (χ0v) is 13.7. The number of rotatable bonds is 3. The van der Waals surface area contributed by atoms with Crippen LogP contribution in [0, 0.1) is 6.92 Å². The number of aryl methyl sites for hydroxylation is 1. The molecule has 0 aliphatic carbocycles. The van der Waals surface area contributed by atoms with Crippen LogP contribution in [0.3, 0.4) is 0 Å². The predicted molar refractivity (Wildman–Crippen MR) is 83.6 cm³/mol. The molecule has 1 aliphatic heterocycles. The first-order valence-corrected chi connectivity index (χ1v) is 7.40. The first-order chi connectivity index (χ1) is 11.2. The van der Waals surface area contributed by atoms with Gasteiger partial charge in [0.2, 0.25) is 17.4 Å². The lowest BCUT2D eigenvalue weighted by molar-refractivity contribution is -0.162. The molecule has 8 heteroatoms. The summed E-state index contributed by atoms with van der Waals surface area (Å²) in [6.07, 6.45) is 0.112. The molecule has 1 amide bonds. The van der Waals surface area contributed by atoms with Gasteiger partial charge in [-0.25, -0.2) is 0 Å². The minimum absolute atomic E-state index is 0.0117. The maximum absolute atomic E-state index is 12.9. The monoisotopic (exact) mass is 336 g/mol. The number of hydrogen-bond acceptors (Lipinski definition) is 7. The van der Waals surface area contributed by atoms with Crippen LogP contribution in [-0.2, 0) is 14.3 Å². The zero-order valence-electron chi connectivity index (χ0n) is 13.7. The number of aromatic hydroxyl groups is 1. The van der Waals surface area contributed by atoms with Crippen molar-refractivity contribution < 1.29 is 29.0 Å². The van der Waals surface area contributed by atoms with Crippen molar-refractivity contribution in [3.63, 3.8) is 0 Å². The first kappa shape index (κ1) is 17.7. The number of Topliss-reactive ketones (excluding diaryl/α,β-unsaturated/α-hetero) is 1. The third kappa shape index (κ3) is 3.18. The fourth-order valence-electron chi connectivity index (χ4n) is 2.50. The number of ketones is 1. The summed E-state index contributed by atoms with van der Waals surface area (Å²) in [7, 11) is 1.34. The van der Waals surface area contributed by atoms with Crippen molar-refractivity contribution in [2.45, 2.75) is 38.5 Å². The second kappa shape index (κ2) is 6.48. The molecule has 24 heavy (non-hydrogen) atoms. The molecule has 0 spiro atoms. The number of esters is 1. The SMILES string of the molecule is COc1ccc(C)c(C(=O)C2(C)NC(=O)CC[C@H](N)C(=O)O2)c1O. The third-order valence-electron chi connectivity index (χ3n) is 3.90. The summed E-state index contributed by atoms with van der Waals surface area (Å²) < 4.78 is 10.2. The molecule has 1 unspecified atom stereocenters. The number of nitrogens with one attached hydrogen (secondary N) is 1. The van der Waals surface area contributed by atoms with Gasteiger partial charge in [0, 0.05) is 13.3 Å². The lowest BCUT2D eigenvalue weighted by Crippen LogP contribution is -2.58. The molecule has 1 fully saturated rings. The van der Waals surface area contributed by atoms with Crippen LogP contribution in [0.5, 0.6) is 11.5 Å². The number of methoxy groups -OCH3 is 1. The van der Waals surface area contributed by atoms with Crippen molar-refractivity contribution in [3.05, 3.63) is 23.3 Å². The average molecular weight is 336 g/mol. The molecule has 1 aromatic carbocycles. The maximum atomic E-state index is 12.9. The van der Waals surface area contributed by atoms with Crippen molar-refractivity contribution in [2.75, 3.05) is 7.11 Å². The Balaban J connectivity index is 2.49. The highest BCUT2D eigenvalue weighted by molar-refractivity contribution is 6.08. The molecule has 8 nitrogen and oxygen atoms in total. The van der Waals surface area contributed by atoms with E-state index >= 15 is 0 Å². The van der Waals surface area contributed by atoms with Gasteiger partial charge in [0.25, 0.3) is 0 Å². The molecule has 0 saturated carbocycles. The Labute approximate surface area is 138 Å². The molecule has 0 radical (unpaired) electrons. The molecule has 1 saturated heterocycles. The summed E-state index contributed by atoms with van der Waals surface area (Å²) in [6.45, 7) is 2.86. The number of carbonyl (C=O) groups excluding carboxylic acids is 3. The van der Waals surface area contributed by atoms with E-state index < -0.39 is 29.4 Å². The van der Waals surface area contributed by atoms with Gasteiger partial charge in [-0.1, -0.05) is 6.07 Å². The van der Waals surface area contributed by atoms with Crippen LogP contribution in [0.15, 0.2) is 12.1 Å². The molecule has 1 aromatic rings. The number of amides is 1. The van der Waals surface area contributed by atoms with Crippen LogP contribution in [-0.4, -0.2) is 41.6 Å². The fourth-order valence-corrected chi connectivity index (χ4v) is 2.50. The largest absolute Gasteiger partial charge is 0.504 e. The highest BCUT2D eigenvalue weighted by atomic mass is 16.6. The van der Waals surface area contributed by atoms with Gasteiger partial charge in [0.15, 0.2) is 11.5 Å². The van der Waals surface area contributed by atoms with Gasteiger partial charge >= 0.3 is 5.97 Å². The summed E-state index contributed by atoms with van der Waals surface area (Å²) >= 11 is 0. The minimum atomic E-state index is -1.97. The van der Waals surface area contributed by atoms with Crippen molar-refractivity contribution in [2.24, 2.45) is 5.73 Å². The van der Waals surface area contributed by atoms with E-state index in [-0.39, 0.29) is 29.9 Å². The Kier molecular flexibility index (Phi) is 4.79. The molecule has 1 aliphatic rings. The molecule has 4 N–H and O–H groups in total. The van der Waals surface area contributed by atoms with E-state index in [2.05, 4.69) is 5.32 Å². The molecule has 130 valence electrons. The van der Waals surface area contributed by atoms with Crippen molar-refractivity contribution in [1.82, 2.24) is 5.32 Å². The number of ether oxygens (including phenoxy) is 2. The molecule has 0 aromatic heterocycles. The quantitative estimate of drug-likeness (QED) is 0.538. The fraction of sp³-hybridized carbons (Fsp3) is 0.438. The van der Waals surface area contributed by atoms with Gasteiger partial charge in [0.05, 0.1) is 12.7 Å². The number of phenols is 1. The Morgan fingerprint density at radius 3 is 2.75 bits per heavy atom. The predicted octanol–water partition coefficient (Wildman–Crippen LogP) is 0.389. The number of carbonyl (C=O) groups is 3. The van der Waals surface area contributed by atoms with E-state index in [4.69, 9.17) is 15.2 Å². The van der Waals surface area contributed by atoms with Gasteiger partial charge in [-0.3, -0.25) is 14.4 Å². The Morgan fingerprint density at radius 1 is 1.46 bits per heavy atom. The standard InChI is InChI=1S/C16H20N2O6/c1-8-4-6-10(23-3)13(20)12(8)14(21)16(2)18-11(19)7-5-9(17)15(22)24-16/h4,6,9,20H,5,7,17H2,1-3H3,(H,18,19)/t9-,16?/m0/s1. The third-order valence-corrected chi connectivity index (χ3v) is 3.90. The van der Waals surface area contributed by atoms with Crippen LogP contribution in [0.4, 0.5) is 0 Å². The Bertz CT molecular complexity index is 702. The van der Waals surface area contributed by atoms with E-state index in [1.165, 1.54) is 20.1 Å². The second-order valence-electron chi connectivity index (χ2n) is 5.79. The minimum Gasteiger partial charge on any atom is -0.504 e. The van der Waals surface area contributed by atoms with Crippen molar-refractivity contribution in [3.8, 4) is 11.5 Å². The molecular formula is C16H20N2O6. The van der Waals surface area contributed by atoms with Crippen LogP contribution in [0.25, 0.3) is 0 Å². The van der Waals surface area contributed by atoms with E-state index in [0.29, 0.717) is 5.56 Å². The lowest BCUT2D eigenvalue weighted by Gasteiger charge is -2.32. The Hall–Kier alpha value is -2.61. The van der Waals surface area contributed by atoms with E-state index in [1.807, 2.05) is 0 Å². The van der Waals surface area contributed by atoms with Gasteiger partial charge in [0.1, 0.15) is 6.04 Å². The van der Waals surface area contributed by atoms with Gasteiger partial charge in [-0.15, -0.1) is 0 Å². The maximum Gasteiger partial charge on any atom is 0.325 e. The summed E-state index contributed by atoms with van der Waals surface area (Å²) in [5, 5.41) is 12.7. The van der Waals surface area contributed by atoms with Crippen LogP contribution >= 0.6 is 0 Å². The molecular weight excluding hydrogens is 316 g/mol. The average Bonchev–Trinajstić information content (AvgIpc) is 2.51. The zero-order chi connectivity index (χ0) is 18.1. The highest BCUT2D eigenvalue weighted by Crippen LogP contribution is 2.35. The van der Waals surface area contributed by atoms with Gasteiger partial charge in [-0.2, -0.15) is 0 Å². The second-order valence-corrected chi connectivity index (χ2v) is 5.79. The Morgan fingerprint density at radius 2 is 2.12 bits per heavy atom.